The fourth-order valence-electron chi connectivity index (χ4n) is 1.31. The Hall–Kier alpha value is -1.17. The molecule has 0 saturated carbocycles. The Labute approximate surface area is 94.7 Å². The summed E-state index contributed by atoms with van der Waals surface area (Å²) in [5, 5.41) is 3.76. The minimum atomic E-state index is -0.110. The number of amides is 1. The molecule has 1 amide bonds. The van der Waals surface area contributed by atoms with Gasteiger partial charge in [0.05, 0.1) is 11.2 Å². The number of halogens is 1. The van der Waals surface area contributed by atoms with Gasteiger partial charge in [0, 0.05) is 34.2 Å². The molecule has 1 aromatic heterocycles. The molecule has 0 fully saturated rings. The van der Waals surface area contributed by atoms with Crippen molar-refractivity contribution in [1.29, 1.82) is 0 Å². The first-order valence-corrected chi connectivity index (χ1v) is 5.15. The Morgan fingerprint density at radius 1 is 1.29 bits per heavy atom. The molecule has 2 aromatic rings. The molecule has 0 bridgehead atoms. The Morgan fingerprint density at radius 3 is 2.86 bits per heavy atom. The Balaban J connectivity index is 2.59. The number of nitrogens with zero attached hydrogens (tertiary/aromatic N) is 1. The highest BCUT2D eigenvalue weighted by Crippen LogP contribution is 2.20. The number of carbonyl (C=O) groups is 1. The van der Waals surface area contributed by atoms with Crippen molar-refractivity contribution in [1.82, 2.24) is 4.98 Å². The van der Waals surface area contributed by atoms with Gasteiger partial charge in [-0.05, 0) is 12.1 Å². The van der Waals surface area contributed by atoms with Gasteiger partial charge >= 0.3 is 0 Å². The van der Waals surface area contributed by atoms with E-state index in [1.54, 1.807) is 28.8 Å². The van der Waals surface area contributed by atoms with Crippen molar-refractivity contribution in [2.24, 2.45) is 0 Å². The maximum absolute atomic E-state index is 10.9. The molecule has 0 atom stereocenters. The second kappa shape index (κ2) is 3.91. The average molecular weight is 298 g/mol. The molecule has 3 nitrogen and oxygen atoms in total. The quantitative estimate of drug-likeness (QED) is 0.499. The Kier molecular flexibility index (Phi) is 2.62. The van der Waals surface area contributed by atoms with Crippen LogP contribution in [-0.4, -0.2) is 8.90 Å². The molecule has 14 heavy (non-hydrogen) atoms. The van der Waals surface area contributed by atoms with Crippen LogP contribution >= 0.6 is 22.6 Å². The monoisotopic (exact) mass is 298 g/mol. The van der Waals surface area contributed by atoms with Crippen molar-refractivity contribution < 1.29 is 4.79 Å². The second-order valence-corrected chi connectivity index (χ2v) is 3.76. The number of benzene rings is 1. The van der Waals surface area contributed by atoms with Crippen molar-refractivity contribution >= 4 is 43.1 Å². The number of nitrogens with one attached hydrogen (secondary N) is 1. The van der Waals surface area contributed by atoms with Crippen molar-refractivity contribution in [3.8, 4) is 0 Å². The zero-order chi connectivity index (χ0) is 9.97. The fourth-order valence-corrected chi connectivity index (χ4v) is 1.60. The number of pyridine rings is 1. The van der Waals surface area contributed by atoms with Gasteiger partial charge in [0.1, 0.15) is 0 Å². The van der Waals surface area contributed by atoms with Gasteiger partial charge < -0.3 is 5.32 Å². The molecule has 1 N–H and O–H groups in total. The van der Waals surface area contributed by atoms with Gasteiger partial charge in [-0.2, -0.15) is 0 Å². The lowest BCUT2D eigenvalue weighted by Crippen LogP contribution is -2.01. The first-order valence-electron chi connectivity index (χ1n) is 4.07. The summed E-state index contributed by atoms with van der Waals surface area (Å²) in [6, 6.07) is 9.53. The van der Waals surface area contributed by atoms with E-state index >= 15 is 0 Å². The molecule has 0 aliphatic carbocycles. The van der Waals surface area contributed by atoms with Gasteiger partial charge in [-0.25, -0.2) is 0 Å². The van der Waals surface area contributed by atoms with E-state index in [0.29, 0.717) is 0 Å². The van der Waals surface area contributed by atoms with E-state index in [4.69, 9.17) is 0 Å². The number of hydrogen-bond acceptors (Lipinski definition) is 2. The number of anilines is 1. The number of para-hydroxylation sites is 1. The summed E-state index contributed by atoms with van der Waals surface area (Å²) in [6.45, 7) is 0. The van der Waals surface area contributed by atoms with Crippen LogP contribution in [0.15, 0.2) is 36.5 Å². The van der Waals surface area contributed by atoms with Gasteiger partial charge in [0.2, 0.25) is 0 Å². The summed E-state index contributed by atoms with van der Waals surface area (Å²) in [4.78, 5) is 15.1. The third-order valence-corrected chi connectivity index (χ3v) is 2.14. The second-order valence-electron chi connectivity index (χ2n) is 2.78. The Morgan fingerprint density at radius 2 is 2.07 bits per heavy atom. The van der Waals surface area contributed by atoms with Crippen LogP contribution in [0.5, 0.6) is 0 Å². The highest BCUT2D eigenvalue weighted by atomic mass is 127. The highest BCUT2D eigenvalue weighted by molar-refractivity contribution is 14.1. The van der Waals surface area contributed by atoms with Crippen molar-refractivity contribution in [2.45, 2.75) is 0 Å². The summed E-state index contributed by atoms with van der Waals surface area (Å²) in [7, 11) is 0. The smallest absolute Gasteiger partial charge is 0.285 e. The van der Waals surface area contributed by atoms with Crippen LogP contribution in [0.4, 0.5) is 10.5 Å². The van der Waals surface area contributed by atoms with Crippen molar-refractivity contribution in [2.75, 3.05) is 5.32 Å². The summed E-state index contributed by atoms with van der Waals surface area (Å²) in [5.41, 5.74) is 1.57. The molecule has 4 heteroatoms. The largest absolute Gasteiger partial charge is 0.315 e. The predicted molar refractivity (Wildman–Crippen MR) is 64.8 cm³/mol. The average Bonchev–Trinajstić information content (AvgIpc) is 2.18. The SMILES string of the molecule is O=C(I)Nc1cccc2cccnc12. The first-order chi connectivity index (χ1) is 6.77. The first kappa shape index (κ1) is 9.39. The molecule has 0 unspecified atom stereocenters. The third-order valence-electron chi connectivity index (χ3n) is 1.87. The van der Waals surface area contributed by atoms with E-state index in [9.17, 15) is 4.79 Å². The van der Waals surface area contributed by atoms with Crippen LogP contribution in [0, 0.1) is 0 Å². The van der Waals surface area contributed by atoms with E-state index in [0.717, 1.165) is 16.6 Å². The minimum Gasteiger partial charge on any atom is -0.315 e. The standard InChI is InChI=1S/C10H7IN2O/c11-10(14)13-8-5-1-3-7-4-2-6-12-9(7)8/h1-6H,(H,13,14). The highest BCUT2D eigenvalue weighted by Gasteiger charge is 2.02. The van der Waals surface area contributed by atoms with Gasteiger partial charge in [0.25, 0.3) is 3.91 Å². The van der Waals surface area contributed by atoms with E-state index in [1.165, 1.54) is 0 Å². The third kappa shape index (κ3) is 1.84. The molecule has 0 saturated heterocycles. The van der Waals surface area contributed by atoms with E-state index in [1.807, 2.05) is 30.3 Å². The fraction of sp³-hybridized carbons (Fsp3) is 0. The zero-order valence-electron chi connectivity index (χ0n) is 7.20. The van der Waals surface area contributed by atoms with Crippen molar-refractivity contribution in [3.05, 3.63) is 36.5 Å². The predicted octanol–water partition coefficient (Wildman–Crippen LogP) is 3.20. The van der Waals surface area contributed by atoms with Crippen LogP contribution in [0.1, 0.15) is 0 Å². The van der Waals surface area contributed by atoms with Gasteiger partial charge in [-0.3, -0.25) is 9.78 Å². The Bertz CT molecular complexity index is 479. The molecule has 1 heterocycles. The lowest BCUT2D eigenvalue weighted by molar-refractivity contribution is 0.272. The summed E-state index contributed by atoms with van der Waals surface area (Å²) < 4.78 is -0.110. The van der Waals surface area contributed by atoms with E-state index in [2.05, 4.69) is 10.3 Å². The van der Waals surface area contributed by atoms with Crippen LogP contribution in [0.25, 0.3) is 10.9 Å². The molecular formula is C10H7IN2O. The molecule has 70 valence electrons. The molecule has 0 aliphatic heterocycles. The summed E-state index contributed by atoms with van der Waals surface area (Å²) in [5.74, 6) is 0. The molecule has 0 spiro atoms. The summed E-state index contributed by atoms with van der Waals surface area (Å²) >= 11 is 1.70. The van der Waals surface area contributed by atoms with Gasteiger partial charge in [-0.15, -0.1) is 0 Å². The maximum Gasteiger partial charge on any atom is 0.285 e. The molecule has 0 radical (unpaired) electrons. The maximum atomic E-state index is 10.9. The topological polar surface area (TPSA) is 42.0 Å². The van der Waals surface area contributed by atoms with Crippen molar-refractivity contribution in [3.63, 3.8) is 0 Å². The van der Waals surface area contributed by atoms with Crippen LogP contribution < -0.4 is 5.32 Å². The van der Waals surface area contributed by atoms with E-state index < -0.39 is 0 Å². The molecule has 2 rings (SSSR count). The number of carbonyl (C=O) groups excluding carboxylic acids is 1. The van der Waals surface area contributed by atoms with E-state index in [-0.39, 0.29) is 3.91 Å². The summed E-state index contributed by atoms with van der Waals surface area (Å²) in [6.07, 6.45) is 1.71. The lowest BCUT2D eigenvalue weighted by Gasteiger charge is -2.04. The lowest BCUT2D eigenvalue weighted by atomic mass is 10.2. The number of aromatic nitrogens is 1. The molecule has 1 aromatic carbocycles. The van der Waals surface area contributed by atoms with Crippen LogP contribution in [0.2, 0.25) is 0 Å². The van der Waals surface area contributed by atoms with Gasteiger partial charge in [0.15, 0.2) is 0 Å². The van der Waals surface area contributed by atoms with Gasteiger partial charge in [-0.1, -0.05) is 18.2 Å². The number of rotatable bonds is 1. The molecule has 0 aliphatic rings. The van der Waals surface area contributed by atoms with Crippen LogP contribution in [0.3, 0.4) is 0 Å². The van der Waals surface area contributed by atoms with Crippen LogP contribution in [-0.2, 0) is 0 Å². The number of fused-ring (bicyclic) bond motifs is 1. The molecular weight excluding hydrogens is 291 g/mol. The minimum absolute atomic E-state index is 0.110. The number of hydrogen-bond donors (Lipinski definition) is 1. The normalized spacial score (nSPS) is 10.1. The zero-order valence-corrected chi connectivity index (χ0v) is 9.36.